The molecule has 1 saturated carbocycles. The highest BCUT2D eigenvalue weighted by Crippen LogP contribution is 2.39. The Morgan fingerprint density at radius 1 is 1.20 bits per heavy atom. The molecule has 1 heterocycles. The first kappa shape index (κ1) is 6.66. The molecule has 0 spiro atoms. The molecule has 2 aliphatic rings. The highest BCUT2D eigenvalue weighted by Gasteiger charge is 2.34. The van der Waals surface area contributed by atoms with E-state index in [4.69, 9.17) is 4.74 Å². The first-order chi connectivity index (χ1) is 4.88. The van der Waals surface area contributed by atoms with Crippen molar-refractivity contribution in [1.29, 1.82) is 0 Å². The summed E-state index contributed by atoms with van der Waals surface area (Å²) in [5, 5.41) is 0. The second kappa shape index (κ2) is 2.54. The molecular formula is C9H16O. The molecule has 1 aliphatic carbocycles. The zero-order chi connectivity index (χ0) is 6.97. The van der Waals surface area contributed by atoms with Gasteiger partial charge in [-0.3, -0.25) is 0 Å². The predicted octanol–water partition coefficient (Wildman–Crippen LogP) is 2.07. The average Bonchev–Trinajstić information content (AvgIpc) is 2.36. The van der Waals surface area contributed by atoms with Crippen LogP contribution >= 0.6 is 0 Å². The topological polar surface area (TPSA) is 9.23 Å². The van der Waals surface area contributed by atoms with Gasteiger partial charge in [-0.25, -0.2) is 0 Å². The standard InChI is InChI=1S/C9H16O/c1-7-5-10-6-8-3-2-4-9(7)8/h7-9H,2-6H2,1H3. The molecule has 3 atom stereocenters. The van der Waals surface area contributed by atoms with Gasteiger partial charge in [-0.2, -0.15) is 0 Å². The second-order valence-corrected chi connectivity index (χ2v) is 3.87. The average molecular weight is 140 g/mol. The third kappa shape index (κ3) is 0.968. The summed E-state index contributed by atoms with van der Waals surface area (Å²) in [6, 6.07) is 0. The van der Waals surface area contributed by atoms with Crippen LogP contribution < -0.4 is 0 Å². The zero-order valence-electron chi connectivity index (χ0n) is 6.68. The minimum Gasteiger partial charge on any atom is -0.381 e. The summed E-state index contributed by atoms with van der Waals surface area (Å²) in [6.45, 7) is 4.40. The molecule has 1 saturated heterocycles. The molecule has 10 heavy (non-hydrogen) atoms. The van der Waals surface area contributed by atoms with E-state index in [1.165, 1.54) is 19.3 Å². The maximum atomic E-state index is 5.50. The molecule has 0 aromatic heterocycles. The van der Waals surface area contributed by atoms with Crippen LogP contribution in [-0.4, -0.2) is 13.2 Å². The van der Waals surface area contributed by atoms with Crippen LogP contribution in [0.1, 0.15) is 26.2 Å². The number of fused-ring (bicyclic) bond motifs is 1. The van der Waals surface area contributed by atoms with Crippen LogP contribution in [0.2, 0.25) is 0 Å². The molecule has 2 fully saturated rings. The Kier molecular flexibility index (Phi) is 1.69. The fraction of sp³-hybridized carbons (Fsp3) is 1.00. The lowest BCUT2D eigenvalue weighted by Crippen LogP contribution is -2.30. The Morgan fingerprint density at radius 2 is 2.10 bits per heavy atom. The molecular weight excluding hydrogens is 124 g/mol. The fourth-order valence-electron chi connectivity index (χ4n) is 2.55. The van der Waals surface area contributed by atoms with Crippen LogP contribution in [0.15, 0.2) is 0 Å². The van der Waals surface area contributed by atoms with Crippen LogP contribution in [0.3, 0.4) is 0 Å². The quantitative estimate of drug-likeness (QED) is 0.500. The summed E-state index contributed by atoms with van der Waals surface area (Å²) < 4.78 is 5.50. The monoisotopic (exact) mass is 140 g/mol. The Balaban J connectivity index is 2.03. The van der Waals surface area contributed by atoms with Gasteiger partial charge >= 0.3 is 0 Å². The summed E-state index contributed by atoms with van der Waals surface area (Å²) >= 11 is 0. The molecule has 58 valence electrons. The van der Waals surface area contributed by atoms with Crippen molar-refractivity contribution in [2.45, 2.75) is 26.2 Å². The molecule has 0 bridgehead atoms. The molecule has 0 N–H and O–H groups in total. The molecule has 0 radical (unpaired) electrons. The summed E-state index contributed by atoms with van der Waals surface area (Å²) in [7, 11) is 0. The molecule has 3 unspecified atom stereocenters. The molecule has 1 heteroatoms. The van der Waals surface area contributed by atoms with E-state index in [1.54, 1.807) is 0 Å². The summed E-state index contributed by atoms with van der Waals surface area (Å²) in [5.74, 6) is 2.76. The lowest BCUT2D eigenvalue weighted by Gasteiger charge is -2.31. The van der Waals surface area contributed by atoms with Crippen LogP contribution in [0, 0.1) is 17.8 Å². The van der Waals surface area contributed by atoms with Crippen molar-refractivity contribution >= 4 is 0 Å². The van der Waals surface area contributed by atoms with Gasteiger partial charge in [0, 0.05) is 13.2 Å². The number of ether oxygens (including phenoxy) is 1. The minimum atomic E-state index is 0.834. The largest absolute Gasteiger partial charge is 0.381 e. The highest BCUT2D eigenvalue weighted by atomic mass is 16.5. The van der Waals surface area contributed by atoms with E-state index >= 15 is 0 Å². The first-order valence-corrected chi connectivity index (χ1v) is 4.45. The van der Waals surface area contributed by atoms with Gasteiger partial charge in [0.05, 0.1) is 0 Å². The Morgan fingerprint density at radius 3 is 2.90 bits per heavy atom. The first-order valence-electron chi connectivity index (χ1n) is 4.45. The smallest absolute Gasteiger partial charge is 0.0497 e. The summed E-state index contributed by atoms with van der Waals surface area (Å²) in [5.41, 5.74) is 0. The number of rotatable bonds is 0. The van der Waals surface area contributed by atoms with E-state index in [-0.39, 0.29) is 0 Å². The molecule has 0 aromatic carbocycles. The minimum absolute atomic E-state index is 0.834. The van der Waals surface area contributed by atoms with Crippen molar-refractivity contribution in [3.05, 3.63) is 0 Å². The molecule has 1 nitrogen and oxygen atoms in total. The van der Waals surface area contributed by atoms with Gasteiger partial charge in [0.2, 0.25) is 0 Å². The van der Waals surface area contributed by atoms with E-state index in [0.717, 1.165) is 31.0 Å². The van der Waals surface area contributed by atoms with Crippen molar-refractivity contribution in [2.75, 3.05) is 13.2 Å². The fourth-order valence-corrected chi connectivity index (χ4v) is 2.55. The highest BCUT2D eigenvalue weighted by molar-refractivity contribution is 4.83. The number of hydrogen-bond donors (Lipinski definition) is 0. The van der Waals surface area contributed by atoms with Gasteiger partial charge in [-0.05, 0) is 30.6 Å². The van der Waals surface area contributed by atoms with Crippen molar-refractivity contribution in [1.82, 2.24) is 0 Å². The maximum absolute atomic E-state index is 5.50. The van der Waals surface area contributed by atoms with E-state index in [0.29, 0.717) is 0 Å². The Bertz CT molecular complexity index is 122. The lowest BCUT2D eigenvalue weighted by molar-refractivity contribution is -0.00914. The van der Waals surface area contributed by atoms with E-state index in [2.05, 4.69) is 6.92 Å². The summed E-state index contributed by atoms with van der Waals surface area (Å²) in [4.78, 5) is 0. The van der Waals surface area contributed by atoms with E-state index < -0.39 is 0 Å². The summed E-state index contributed by atoms with van der Waals surface area (Å²) in [6.07, 6.45) is 4.34. The third-order valence-corrected chi connectivity index (χ3v) is 3.16. The molecule has 1 aliphatic heterocycles. The van der Waals surface area contributed by atoms with E-state index in [1.807, 2.05) is 0 Å². The second-order valence-electron chi connectivity index (χ2n) is 3.87. The van der Waals surface area contributed by atoms with Crippen molar-refractivity contribution in [2.24, 2.45) is 17.8 Å². The van der Waals surface area contributed by atoms with Crippen LogP contribution in [-0.2, 0) is 4.74 Å². The molecule has 0 aromatic rings. The third-order valence-electron chi connectivity index (χ3n) is 3.16. The Labute approximate surface area is 62.8 Å². The van der Waals surface area contributed by atoms with Gasteiger partial charge < -0.3 is 4.74 Å². The van der Waals surface area contributed by atoms with Gasteiger partial charge in [0.15, 0.2) is 0 Å². The van der Waals surface area contributed by atoms with Crippen molar-refractivity contribution < 1.29 is 4.74 Å². The SMILES string of the molecule is CC1COCC2CCCC12. The lowest BCUT2D eigenvalue weighted by atomic mass is 9.84. The zero-order valence-corrected chi connectivity index (χ0v) is 6.68. The van der Waals surface area contributed by atoms with Gasteiger partial charge in [0.25, 0.3) is 0 Å². The molecule has 2 rings (SSSR count). The van der Waals surface area contributed by atoms with Gasteiger partial charge in [0.1, 0.15) is 0 Å². The maximum Gasteiger partial charge on any atom is 0.0497 e. The molecule has 0 amide bonds. The van der Waals surface area contributed by atoms with Crippen LogP contribution in [0.25, 0.3) is 0 Å². The van der Waals surface area contributed by atoms with Crippen molar-refractivity contribution in [3.8, 4) is 0 Å². The normalized spacial score (nSPS) is 47.1. The van der Waals surface area contributed by atoms with Gasteiger partial charge in [-0.15, -0.1) is 0 Å². The van der Waals surface area contributed by atoms with Crippen molar-refractivity contribution in [3.63, 3.8) is 0 Å². The predicted molar refractivity (Wildman–Crippen MR) is 40.8 cm³/mol. The van der Waals surface area contributed by atoms with Gasteiger partial charge in [-0.1, -0.05) is 13.3 Å². The van der Waals surface area contributed by atoms with Crippen LogP contribution in [0.4, 0.5) is 0 Å². The van der Waals surface area contributed by atoms with E-state index in [9.17, 15) is 0 Å². The number of hydrogen-bond acceptors (Lipinski definition) is 1. The van der Waals surface area contributed by atoms with Crippen LogP contribution in [0.5, 0.6) is 0 Å². The Hall–Kier alpha value is -0.0400.